The minimum atomic E-state index is -0.631. The molecular weight excluding hydrogens is 387 g/mol. The van der Waals surface area contributed by atoms with Gasteiger partial charge in [-0.3, -0.25) is 4.79 Å². The number of rotatable bonds is 4. The number of nitrogens with two attached hydrogens (primary N) is 1. The second-order valence-corrected chi connectivity index (χ2v) is 6.66. The third kappa shape index (κ3) is 3.68. The molecule has 0 unspecified atom stereocenters. The number of nitrogen functional groups attached to an aromatic ring is 1. The van der Waals surface area contributed by atoms with Gasteiger partial charge in [0.1, 0.15) is 23.6 Å². The summed E-state index contributed by atoms with van der Waals surface area (Å²) >= 11 is 0. The first-order chi connectivity index (χ1) is 14.4. The third-order valence-electron chi connectivity index (χ3n) is 4.50. The van der Waals surface area contributed by atoms with Crippen LogP contribution in [0.3, 0.4) is 0 Å². The largest absolute Gasteiger partial charge is 0.383 e. The highest BCUT2D eigenvalue weighted by Gasteiger charge is 2.18. The van der Waals surface area contributed by atoms with E-state index in [0.29, 0.717) is 27.8 Å². The van der Waals surface area contributed by atoms with Gasteiger partial charge < -0.3 is 21.4 Å². The van der Waals surface area contributed by atoms with Gasteiger partial charge in [0, 0.05) is 17.4 Å². The average molecular weight is 404 g/mol. The van der Waals surface area contributed by atoms with Crippen LogP contribution in [0.15, 0.2) is 55.0 Å². The molecule has 2 heterocycles. The van der Waals surface area contributed by atoms with Crippen LogP contribution in [-0.2, 0) is 0 Å². The Morgan fingerprint density at radius 3 is 2.77 bits per heavy atom. The number of carbonyl (C=O) groups is 2. The van der Waals surface area contributed by atoms with Gasteiger partial charge in [0.15, 0.2) is 5.78 Å². The quantitative estimate of drug-likeness (QED) is 0.384. The van der Waals surface area contributed by atoms with Crippen molar-refractivity contribution < 1.29 is 14.0 Å². The lowest BCUT2D eigenvalue weighted by Gasteiger charge is -2.10. The van der Waals surface area contributed by atoms with Crippen molar-refractivity contribution in [3.8, 4) is 0 Å². The van der Waals surface area contributed by atoms with E-state index in [1.54, 1.807) is 31.2 Å². The van der Waals surface area contributed by atoms with Crippen molar-refractivity contribution in [1.29, 1.82) is 0 Å². The fourth-order valence-corrected chi connectivity index (χ4v) is 3.08. The Labute approximate surface area is 170 Å². The van der Waals surface area contributed by atoms with Crippen LogP contribution < -0.4 is 16.4 Å². The van der Waals surface area contributed by atoms with Crippen LogP contribution >= 0.6 is 0 Å². The SMILES string of the molecule is Cc1ccc(F)c(NC(=O)Nc2cccc(C(=O)c3c[nH]c4ncnc(N)c34)c2)c1. The van der Waals surface area contributed by atoms with Gasteiger partial charge in [0.25, 0.3) is 0 Å². The maximum Gasteiger partial charge on any atom is 0.323 e. The van der Waals surface area contributed by atoms with Gasteiger partial charge in [-0.05, 0) is 36.8 Å². The number of hydrogen-bond acceptors (Lipinski definition) is 5. The number of urea groups is 1. The van der Waals surface area contributed by atoms with Crippen molar-refractivity contribution in [1.82, 2.24) is 15.0 Å². The number of aromatic nitrogens is 3. The molecule has 150 valence electrons. The molecule has 8 nitrogen and oxygen atoms in total. The molecule has 0 atom stereocenters. The Balaban J connectivity index is 1.56. The number of H-pyrrole nitrogens is 1. The highest BCUT2D eigenvalue weighted by atomic mass is 19.1. The standard InChI is InChI=1S/C21H17FN6O2/c1-11-5-6-15(22)16(7-11)28-21(30)27-13-4-2-3-12(8-13)18(29)14-9-24-20-17(14)19(23)25-10-26-20/h2-10H,1H3,(H2,27,28,30)(H3,23,24,25,26). The number of amides is 2. The zero-order chi connectivity index (χ0) is 21.3. The Bertz CT molecular complexity index is 1280. The van der Waals surface area contributed by atoms with E-state index in [4.69, 9.17) is 5.73 Å². The van der Waals surface area contributed by atoms with E-state index in [1.165, 1.54) is 30.7 Å². The number of carbonyl (C=O) groups excluding carboxylic acids is 2. The van der Waals surface area contributed by atoms with Gasteiger partial charge in [-0.1, -0.05) is 18.2 Å². The maximum absolute atomic E-state index is 13.8. The van der Waals surface area contributed by atoms with Crippen molar-refractivity contribution in [2.45, 2.75) is 6.92 Å². The summed E-state index contributed by atoms with van der Waals surface area (Å²) in [6.45, 7) is 1.79. The molecule has 2 aromatic heterocycles. The minimum Gasteiger partial charge on any atom is -0.383 e. The molecule has 30 heavy (non-hydrogen) atoms. The molecule has 0 aliphatic carbocycles. The Kier molecular flexibility index (Phi) is 4.85. The molecule has 9 heteroatoms. The lowest BCUT2D eigenvalue weighted by Crippen LogP contribution is -2.20. The Morgan fingerprint density at radius 2 is 1.93 bits per heavy atom. The highest BCUT2D eigenvalue weighted by molar-refractivity contribution is 6.18. The van der Waals surface area contributed by atoms with Gasteiger partial charge >= 0.3 is 6.03 Å². The number of halogens is 1. The van der Waals surface area contributed by atoms with E-state index in [2.05, 4.69) is 25.6 Å². The maximum atomic E-state index is 13.8. The Morgan fingerprint density at radius 1 is 1.10 bits per heavy atom. The van der Waals surface area contributed by atoms with Gasteiger partial charge in [-0.25, -0.2) is 19.2 Å². The number of anilines is 3. The lowest BCUT2D eigenvalue weighted by molar-refractivity contribution is 0.104. The first-order valence-electron chi connectivity index (χ1n) is 8.99. The summed E-state index contributed by atoms with van der Waals surface area (Å²) in [6, 6.07) is 10.2. The molecule has 2 amide bonds. The predicted molar refractivity (Wildman–Crippen MR) is 112 cm³/mol. The topological polar surface area (TPSA) is 126 Å². The molecular formula is C21H17FN6O2. The summed E-state index contributed by atoms with van der Waals surface area (Å²) < 4.78 is 13.8. The number of hydrogen-bond donors (Lipinski definition) is 4. The van der Waals surface area contributed by atoms with Crippen molar-refractivity contribution in [3.05, 3.63) is 77.5 Å². The lowest BCUT2D eigenvalue weighted by atomic mass is 10.0. The van der Waals surface area contributed by atoms with E-state index < -0.39 is 11.8 Å². The van der Waals surface area contributed by atoms with E-state index in [-0.39, 0.29) is 17.3 Å². The van der Waals surface area contributed by atoms with Crippen LogP contribution in [0.25, 0.3) is 11.0 Å². The van der Waals surface area contributed by atoms with Crippen molar-refractivity contribution in [2.24, 2.45) is 0 Å². The normalized spacial score (nSPS) is 10.7. The number of aromatic amines is 1. The molecule has 2 aromatic carbocycles. The molecule has 0 saturated carbocycles. The second kappa shape index (κ2) is 7.63. The average Bonchev–Trinajstić information content (AvgIpc) is 3.16. The molecule has 4 aromatic rings. The molecule has 0 fully saturated rings. The molecule has 0 saturated heterocycles. The number of ketones is 1. The third-order valence-corrected chi connectivity index (χ3v) is 4.50. The van der Waals surface area contributed by atoms with Gasteiger partial charge in [-0.15, -0.1) is 0 Å². The summed E-state index contributed by atoms with van der Waals surface area (Å²) in [5.41, 5.74) is 8.25. The molecule has 0 radical (unpaired) electrons. The number of aryl methyl sites for hydroxylation is 1. The number of fused-ring (bicyclic) bond motifs is 1. The molecule has 0 aliphatic heterocycles. The van der Waals surface area contributed by atoms with Crippen LogP contribution in [0.4, 0.5) is 26.4 Å². The van der Waals surface area contributed by atoms with Gasteiger partial charge in [0.05, 0.1) is 16.6 Å². The first-order valence-corrected chi connectivity index (χ1v) is 8.99. The van der Waals surface area contributed by atoms with Crippen LogP contribution in [0.2, 0.25) is 0 Å². The van der Waals surface area contributed by atoms with Crippen LogP contribution in [0.5, 0.6) is 0 Å². The summed E-state index contributed by atoms with van der Waals surface area (Å²) in [5.74, 6) is -0.659. The summed E-state index contributed by atoms with van der Waals surface area (Å²) in [7, 11) is 0. The zero-order valence-corrected chi connectivity index (χ0v) is 15.9. The fourth-order valence-electron chi connectivity index (χ4n) is 3.08. The minimum absolute atomic E-state index is 0.0639. The number of nitrogens with zero attached hydrogens (tertiary/aromatic N) is 2. The second-order valence-electron chi connectivity index (χ2n) is 6.66. The zero-order valence-electron chi connectivity index (χ0n) is 15.9. The predicted octanol–water partition coefficient (Wildman–Crippen LogP) is 3.86. The Hall–Kier alpha value is -4.27. The smallest absolute Gasteiger partial charge is 0.323 e. The summed E-state index contributed by atoms with van der Waals surface area (Å²) in [4.78, 5) is 36.1. The molecule has 0 spiro atoms. The van der Waals surface area contributed by atoms with Crippen molar-refractivity contribution >= 4 is 40.0 Å². The molecule has 5 N–H and O–H groups in total. The van der Waals surface area contributed by atoms with E-state index in [9.17, 15) is 14.0 Å². The van der Waals surface area contributed by atoms with Gasteiger partial charge in [-0.2, -0.15) is 0 Å². The van der Waals surface area contributed by atoms with Crippen LogP contribution in [-0.4, -0.2) is 26.8 Å². The van der Waals surface area contributed by atoms with Crippen LogP contribution in [0, 0.1) is 12.7 Å². The van der Waals surface area contributed by atoms with Crippen LogP contribution in [0.1, 0.15) is 21.5 Å². The number of benzene rings is 2. The fraction of sp³-hybridized carbons (Fsp3) is 0.0476. The molecule has 0 bridgehead atoms. The molecule has 0 aliphatic rings. The van der Waals surface area contributed by atoms with Gasteiger partial charge in [0.2, 0.25) is 0 Å². The van der Waals surface area contributed by atoms with E-state index in [1.807, 2.05) is 0 Å². The monoisotopic (exact) mass is 404 g/mol. The van der Waals surface area contributed by atoms with Crippen molar-refractivity contribution in [3.63, 3.8) is 0 Å². The highest BCUT2D eigenvalue weighted by Crippen LogP contribution is 2.24. The molecule has 4 rings (SSSR count). The summed E-state index contributed by atoms with van der Waals surface area (Å²) in [5, 5.41) is 5.50. The van der Waals surface area contributed by atoms with E-state index in [0.717, 1.165) is 5.56 Å². The summed E-state index contributed by atoms with van der Waals surface area (Å²) in [6.07, 6.45) is 2.83. The van der Waals surface area contributed by atoms with Crippen molar-refractivity contribution in [2.75, 3.05) is 16.4 Å². The first kappa shape index (κ1) is 19.1. The number of nitrogens with one attached hydrogen (secondary N) is 3. The van der Waals surface area contributed by atoms with E-state index >= 15 is 0 Å².